The van der Waals surface area contributed by atoms with Gasteiger partial charge in [0.05, 0.1) is 25.8 Å². The Morgan fingerprint density at radius 1 is 0.970 bits per heavy atom. The van der Waals surface area contributed by atoms with Gasteiger partial charge in [0.15, 0.2) is 11.5 Å². The van der Waals surface area contributed by atoms with Gasteiger partial charge in [-0.3, -0.25) is 9.59 Å². The zero-order chi connectivity index (χ0) is 23.8. The normalized spacial score (nSPS) is 11.8. The van der Waals surface area contributed by atoms with Gasteiger partial charge in [-0.05, 0) is 49.1 Å². The molecule has 0 saturated heterocycles. The maximum Gasteiger partial charge on any atom is 0.272 e. The van der Waals surface area contributed by atoms with Crippen LogP contribution >= 0.6 is 0 Å². The van der Waals surface area contributed by atoms with Gasteiger partial charge in [-0.2, -0.15) is 5.10 Å². The number of rotatable bonds is 10. The minimum Gasteiger partial charge on any atom is -0.490 e. The molecule has 1 N–H and O–H groups in total. The Morgan fingerprint density at radius 2 is 1.67 bits per heavy atom. The van der Waals surface area contributed by atoms with Gasteiger partial charge >= 0.3 is 0 Å². The summed E-state index contributed by atoms with van der Waals surface area (Å²) < 4.78 is 12.7. The van der Waals surface area contributed by atoms with E-state index in [4.69, 9.17) is 9.47 Å². The molecular weight excluding hydrogens is 418 g/mol. The highest BCUT2D eigenvalue weighted by Gasteiger charge is 2.22. The summed E-state index contributed by atoms with van der Waals surface area (Å²) in [6.07, 6.45) is 0. The van der Waals surface area contributed by atoms with E-state index >= 15 is 0 Å². The van der Waals surface area contributed by atoms with Crippen LogP contribution in [0.15, 0.2) is 65.5 Å². The van der Waals surface area contributed by atoms with Crippen molar-refractivity contribution >= 4 is 5.91 Å². The summed E-state index contributed by atoms with van der Waals surface area (Å²) in [6, 6.07) is 17.8. The van der Waals surface area contributed by atoms with Gasteiger partial charge in [0.25, 0.3) is 11.5 Å². The number of hydrogen-bond donors (Lipinski definition) is 1. The van der Waals surface area contributed by atoms with Crippen LogP contribution < -0.4 is 20.3 Å². The van der Waals surface area contributed by atoms with Gasteiger partial charge in [0.1, 0.15) is 5.69 Å². The van der Waals surface area contributed by atoms with E-state index in [0.717, 1.165) is 11.1 Å². The standard InChI is InChI=1S/C26H31N3O4/c1-5-32-22-14-12-20(16-23(22)33-6-2)25(18(3)4)27-26(31)21-13-15-24(30)29(28-21)17-19-10-8-7-9-11-19/h7-16,18,25H,5-6,17H2,1-4H3,(H,27,31). The predicted molar refractivity (Wildman–Crippen MR) is 128 cm³/mol. The first-order valence-corrected chi connectivity index (χ1v) is 11.2. The summed E-state index contributed by atoms with van der Waals surface area (Å²) in [5.74, 6) is 1.08. The van der Waals surface area contributed by atoms with Crippen molar-refractivity contribution < 1.29 is 14.3 Å². The van der Waals surface area contributed by atoms with Crippen molar-refractivity contribution in [3.05, 3.63) is 87.8 Å². The van der Waals surface area contributed by atoms with Gasteiger partial charge < -0.3 is 14.8 Å². The molecule has 0 aliphatic rings. The molecule has 3 rings (SSSR count). The average molecular weight is 450 g/mol. The Hall–Kier alpha value is -3.61. The first-order valence-electron chi connectivity index (χ1n) is 11.2. The van der Waals surface area contributed by atoms with E-state index in [1.165, 1.54) is 16.8 Å². The SMILES string of the molecule is CCOc1ccc(C(NC(=O)c2ccc(=O)n(Cc3ccccc3)n2)C(C)C)cc1OCC. The van der Waals surface area contributed by atoms with Crippen molar-refractivity contribution in [2.45, 2.75) is 40.3 Å². The lowest BCUT2D eigenvalue weighted by Crippen LogP contribution is -2.34. The first-order chi connectivity index (χ1) is 15.9. The summed E-state index contributed by atoms with van der Waals surface area (Å²) in [5, 5.41) is 7.37. The lowest BCUT2D eigenvalue weighted by molar-refractivity contribution is 0.0918. The van der Waals surface area contributed by atoms with Crippen molar-refractivity contribution in [3.8, 4) is 11.5 Å². The van der Waals surface area contributed by atoms with Crippen LogP contribution in [0.5, 0.6) is 11.5 Å². The number of amides is 1. The van der Waals surface area contributed by atoms with Gasteiger partial charge in [0.2, 0.25) is 0 Å². The van der Waals surface area contributed by atoms with Crippen molar-refractivity contribution in [1.82, 2.24) is 15.1 Å². The Morgan fingerprint density at radius 3 is 2.33 bits per heavy atom. The molecule has 0 aliphatic heterocycles. The monoisotopic (exact) mass is 449 g/mol. The zero-order valence-corrected chi connectivity index (χ0v) is 19.6. The zero-order valence-electron chi connectivity index (χ0n) is 19.6. The Kier molecular flexibility index (Phi) is 8.24. The second-order valence-electron chi connectivity index (χ2n) is 7.97. The maximum atomic E-state index is 13.1. The molecule has 0 aliphatic carbocycles. The van der Waals surface area contributed by atoms with Crippen molar-refractivity contribution in [3.63, 3.8) is 0 Å². The fourth-order valence-corrected chi connectivity index (χ4v) is 3.55. The average Bonchev–Trinajstić information content (AvgIpc) is 2.81. The van der Waals surface area contributed by atoms with Crippen LogP contribution in [0, 0.1) is 5.92 Å². The van der Waals surface area contributed by atoms with Gasteiger partial charge in [-0.15, -0.1) is 0 Å². The molecule has 1 heterocycles. The Labute approximate surface area is 194 Å². The van der Waals surface area contributed by atoms with E-state index in [0.29, 0.717) is 31.3 Å². The predicted octanol–water partition coefficient (Wildman–Crippen LogP) is 4.22. The molecule has 0 radical (unpaired) electrons. The molecule has 1 amide bonds. The molecule has 7 heteroatoms. The number of nitrogens with zero attached hydrogens (tertiary/aromatic N) is 2. The fourth-order valence-electron chi connectivity index (χ4n) is 3.55. The van der Waals surface area contributed by atoms with Crippen LogP contribution in [0.1, 0.15) is 55.4 Å². The van der Waals surface area contributed by atoms with E-state index in [2.05, 4.69) is 10.4 Å². The third kappa shape index (κ3) is 6.22. The lowest BCUT2D eigenvalue weighted by Gasteiger charge is -2.24. The molecule has 7 nitrogen and oxygen atoms in total. The maximum absolute atomic E-state index is 13.1. The van der Waals surface area contributed by atoms with Crippen molar-refractivity contribution in [1.29, 1.82) is 0 Å². The van der Waals surface area contributed by atoms with Crippen LogP contribution in [0.25, 0.3) is 0 Å². The smallest absolute Gasteiger partial charge is 0.272 e. The third-order valence-electron chi connectivity index (χ3n) is 5.15. The highest BCUT2D eigenvalue weighted by Crippen LogP contribution is 2.33. The van der Waals surface area contributed by atoms with Crippen molar-refractivity contribution in [2.75, 3.05) is 13.2 Å². The number of carbonyl (C=O) groups excluding carboxylic acids is 1. The summed E-state index contributed by atoms with van der Waals surface area (Å²) in [5.41, 5.74) is 1.77. The van der Waals surface area contributed by atoms with Crippen LogP contribution in [-0.2, 0) is 6.54 Å². The lowest BCUT2D eigenvalue weighted by atomic mass is 9.95. The molecule has 0 spiro atoms. The van der Waals surface area contributed by atoms with E-state index in [-0.39, 0.29) is 29.1 Å². The van der Waals surface area contributed by atoms with E-state index in [1.807, 2.05) is 76.2 Å². The van der Waals surface area contributed by atoms with Crippen LogP contribution in [0.4, 0.5) is 0 Å². The van der Waals surface area contributed by atoms with Gasteiger partial charge in [-0.1, -0.05) is 50.2 Å². The minimum absolute atomic E-state index is 0.108. The Bertz CT molecular complexity index is 1130. The third-order valence-corrected chi connectivity index (χ3v) is 5.15. The molecule has 3 aromatic rings. The number of ether oxygens (including phenoxy) is 2. The van der Waals surface area contributed by atoms with Gasteiger partial charge in [0, 0.05) is 6.07 Å². The van der Waals surface area contributed by atoms with Crippen LogP contribution in [0.3, 0.4) is 0 Å². The molecule has 0 bridgehead atoms. The largest absolute Gasteiger partial charge is 0.490 e. The number of benzene rings is 2. The molecule has 0 fully saturated rings. The fraction of sp³-hybridized carbons (Fsp3) is 0.346. The molecule has 33 heavy (non-hydrogen) atoms. The number of hydrogen-bond acceptors (Lipinski definition) is 5. The van der Waals surface area contributed by atoms with Crippen LogP contribution in [-0.4, -0.2) is 28.9 Å². The summed E-state index contributed by atoms with van der Waals surface area (Å²) in [4.78, 5) is 25.4. The molecule has 1 unspecified atom stereocenters. The molecule has 0 saturated carbocycles. The summed E-state index contributed by atoms with van der Waals surface area (Å²) in [6.45, 7) is 9.25. The summed E-state index contributed by atoms with van der Waals surface area (Å²) >= 11 is 0. The van der Waals surface area contributed by atoms with Crippen LogP contribution in [0.2, 0.25) is 0 Å². The molecule has 2 aromatic carbocycles. The number of aromatic nitrogens is 2. The molecular formula is C26H31N3O4. The van der Waals surface area contributed by atoms with E-state index < -0.39 is 0 Å². The first kappa shape index (κ1) is 24.0. The van der Waals surface area contributed by atoms with E-state index in [9.17, 15) is 9.59 Å². The quantitative estimate of drug-likeness (QED) is 0.501. The van der Waals surface area contributed by atoms with Crippen molar-refractivity contribution in [2.24, 2.45) is 5.92 Å². The number of carbonyl (C=O) groups is 1. The van der Waals surface area contributed by atoms with Gasteiger partial charge in [-0.25, -0.2) is 4.68 Å². The topological polar surface area (TPSA) is 82.5 Å². The molecule has 1 atom stereocenters. The Balaban J connectivity index is 1.84. The minimum atomic E-state index is -0.345. The second kappa shape index (κ2) is 11.3. The van der Waals surface area contributed by atoms with E-state index in [1.54, 1.807) is 0 Å². The second-order valence-corrected chi connectivity index (χ2v) is 7.97. The highest BCUT2D eigenvalue weighted by atomic mass is 16.5. The highest BCUT2D eigenvalue weighted by molar-refractivity contribution is 5.92. The molecule has 174 valence electrons. The number of nitrogens with one attached hydrogen (secondary N) is 1. The molecule has 1 aromatic heterocycles. The summed E-state index contributed by atoms with van der Waals surface area (Å²) in [7, 11) is 0.